The Balaban J connectivity index is 2.30. The molecule has 0 fully saturated rings. The summed E-state index contributed by atoms with van der Waals surface area (Å²) in [5.74, 6) is -1.42. The van der Waals surface area contributed by atoms with Crippen molar-refractivity contribution in [2.45, 2.75) is 0 Å². The highest BCUT2D eigenvalue weighted by atomic mass is 19.1. The molecule has 0 amide bonds. The maximum absolute atomic E-state index is 13.7. The van der Waals surface area contributed by atoms with Crippen LogP contribution in [0.3, 0.4) is 0 Å². The van der Waals surface area contributed by atoms with Crippen molar-refractivity contribution in [2.24, 2.45) is 0 Å². The summed E-state index contributed by atoms with van der Waals surface area (Å²) in [5, 5.41) is 8.77. The minimum Gasteiger partial charge on any atom is -0.369 e. The Morgan fingerprint density at radius 2 is 1.85 bits per heavy atom. The first-order chi connectivity index (χ1) is 9.60. The van der Waals surface area contributed by atoms with E-state index in [1.165, 1.54) is 10.6 Å². The van der Waals surface area contributed by atoms with Gasteiger partial charge in [0.05, 0.1) is 17.1 Å². The first kappa shape index (κ1) is 12.1. The Labute approximate surface area is 112 Å². The van der Waals surface area contributed by atoms with Crippen LogP contribution in [0.1, 0.15) is 5.56 Å². The Bertz CT molecular complexity index is 844. The number of rotatable bonds is 1. The molecule has 2 N–H and O–H groups in total. The molecule has 0 aliphatic rings. The molecule has 0 spiro atoms. The van der Waals surface area contributed by atoms with Crippen LogP contribution >= 0.6 is 0 Å². The Morgan fingerprint density at radius 3 is 2.50 bits per heavy atom. The molecule has 0 saturated carbocycles. The van der Waals surface area contributed by atoms with Crippen LogP contribution in [0, 0.1) is 23.0 Å². The van der Waals surface area contributed by atoms with Crippen molar-refractivity contribution in [3.8, 4) is 11.8 Å². The topological polar surface area (TPSA) is 67.6 Å². The fraction of sp³-hybridized carbons (Fsp3) is 0. The van der Waals surface area contributed by atoms with Crippen molar-refractivity contribution in [3.05, 3.63) is 53.6 Å². The van der Waals surface area contributed by atoms with E-state index < -0.39 is 11.6 Å². The van der Waals surface area contributed by atoms with Gasteiger partial charge in [0.2, 0.25) is 5.95 Å². The second-order valence-electron chi connectivity index (χ2n) is 4.22. The fourth-order valence-electron chi connectivity index (χ4n) is 2.08. The molecule has 0 saturated heterocycles. The van der Waals surface area contributed by atoms with Crippen molar-refractivity contribution < 1.29 is 8.78 Å². The molecule has 1 aromatic heterocycles. The van der Waals surface area contributed by atoms with Gasteiger partial charge < -0.3 is 5.73 Å². The second-order valence-corrected chi connectivity index (χ2v) is 4.22. The highest BCUT2D eigenvalue weighted by Crippen LogP contribution is 2.26. The zero-order valence-electron chi connectivity index (χ0n) is 10.1. The SMILES string of the molecule is N#Cc1ccc(-n2c(N)nc3c(F)cc(F)cc32)cc1. The summed E-state index contributed by atoms with van der Waals surface area (Å²) < 4.78 is 28.4. The summed E-state index contributed by atoms with van der Waals surface area (Å²) in [6.45, 7) is 0. The van der Waals surface area contributed by atoms with Crippen LogP contribution in [0.15, 0.2) is 36.4 Å². The van der Waals surface area contributed by atoms with Gasteiger partial charge in [-0.1, -0.05) is 0 Å². The molecule has 0 aliphatic carbocycles. The van der Waals surface area contributed by atoms with Gasteiger partial charge >= 0.3 is 0 Å². The number of hydrogen-bond donors (Lipinski definition) is 1. The number of imidazole rings is 1. The summed E-state index contributed by atoms with van der Waals surface area (Å²) in [6.07, 6.45) is 0. The largest absolute Gasteiger partial charge is 0.369 e. The van der Waals surface area contributed by atoms with Crippen LogP contribution < -0.4 is 5.73 Å². The lowest BCUT2D eigenvalue weighted by atomic mass is 10.2. The van der Waals surface area contributed by atoms with Crippen molar-refractivity contribution in [1.29, 1.82) is 5.26 Å². The molecule has 20 heavy (non-hydrogen) atoms. The van der Waals surface area contributed by atoms with Crippen LogP contribution in [-0.4, -0.2) is 9.55 Å². The Morgan fingerprint density at radius 1 is 1.15 bits per heavy atom. The van der Waals surface area contributed by atoms with Crippen LogP contribution in [0.2, 0.25) is 0 Å². The number of nitriles is 1. The summed E-state index contributed by atoms with van der Waals surface area (Å²) >= 11 is 0. The van der Waals surface area contributed by atoms with Gasteiger partial charge in [0, 0.05) is 17.8 Å². The van der Waals surface area contributed by atoms with E-state index in [1.807, 2.05) is 6.07 Å². The molecular formula is C14H8F2N4. The van der Waals surface area contributed by atoms with Crippen LogP contribution in [0.5, 0.6) is 0 Å². The molecule has 0 unspecified atom stereocenters. The molecule has 4 nitrogen and oxygen atoms in total. The standard InChI is InChI=1S/C14H8F2N4/c15-9-5-11(16)13-12(6-9)20(14(18)19-13)10-3-1-8(7-17)2-4-10/h1-6H,(H2,18,19). The van der Waals surface area contributed by atoms with Crippen LogP contribution in [0.4, 0.5) is 14.7 Å². The first-order valence-electron chi connectivity index (χ1n) is 5.73. The number of aromatic nitrogens is 2. The second kappa shape index (κ2) is 4.31. The number of nitrogens with zero attached hydrogens (tertiary/aromatic N) is 3. The monoisotopic (exact) mass is 270 g/mol. The molecule has 6 heteroatoms. The van der Waals surface area contributed by atoms with Crippen molar-refractivity contribution in [3.63, 3.8) is 0 Å². The molecule has 3 rings (SSSR count). The third kappa shape index (κ3) is 1.77. The number of benzene rings is 2. The summed E-state index contributed by atoms with van der Waals surface area (Å²) in [5.41, 5.74) is 7.08. The Hall–Kier alpha value is -2.94. The summed E-state index contributed by atoms with van der Waals surface area (Å²) in [7, 11) is 0. The number of fused-ring (bicyclic) bond motifs is 1. The summed E-state index contributed by atoms with van der Waals surface area (Å²) in [4.78, 5) is 3.91. The van der Waals surface area contributed by atoms with Gasteiger partial charge in [-0.3, -0.25) is 4.57 Å². The van der Waals surface area contributed by atoms with E-state index in [1.54, 1.807) is 24.3 Å². The van der Waals surface area contributed by atoms with E-state index in [-0.39, 0.29) is 17.0 Å². The molecule has 98 valence electrons. The average Bonchev–Trinajstić information content (AvgIpc) is 2.76. The van der Waals surface area contributed by atoms with E-state index in [2.05, 4.69) is 4.98 Å². The van der Waals surface area contributed by atoms with Gasteiger partial charge in [0.25, 0.3) is 0 Å². The maximum Gasteiger partial charge on any atom is 0.206 e. The van der Waals surface area contributed by atoms with Crippen molar-refractivity contribution >= 4 is 17.0 Å². The predicted octanol–water partition coefficient (Wildman–Crippen LogP) is 2.76. The first-order valence-corrected chi connectivity index (χ1v) is 5.73. The van der Waals surface area contributed by atoms with Gasteiger partial charge in [0.1, 0.15) is 11.3 Å². The lowest BCUT2D eigenvalue weighted by Crippen LogP contribution is -2.00. The smallest absolute Gasteiger partial charge is 0.206 e. The zero-order chi connectivity index (χ0) is 14.3. The number of hydrogen-bond acceptors (Lipinski definition) is 3. The number of nitrogens with two attached hydrogens (primary N) is 1. The minimum absolute atomic E-state index is 0.00765. The minimum atomic E-state index is -0.765. The molecule has 0 atom stereocenters. The van der Waals surface area contributed by atoms with E-state index in [4.69, 9.17) is 11.0 Å². The van der Waals surface area contributed by atoms with E-state index in [9.17, 15) is 8.78 Å². The molecular weight excluding hydrogens is 262 g/mol. The zero-order valence-corrected chi connectivity index (χ0v) is 10.1. The van der Waals surface area contributed by atoms with Gasteiger partial charge in [-0.25, -0.2) is 13.8 Å². The van der Waals surface area contributed by atoms with Gasteiger partial charge in [-0.15, -0.1) is 0 Å². The van der Waals surface area contributed by atoms with Crippen LogP contribution in [0.25, 0.3) is 16.7 Å². The van der Waals surface area contributed by atoms with Crippen LogP contribution in [-0.2, 0) is 0 Å². The normalized spacial score (nSPS) is 10.7. The summed E-state index contributed by atoms with van der Waals surface area (Å²) in [6, 6.07) is 10.4. The third-order valence-electron chi connectivity index (χ3n) is 2.96. The Kier molecular flexibility index (Phi) is 2.61. The van der Waals surface area contributed by atoms with Crippen molar-refractivity contribution in [1.82, 2.24) is 9.55 Å². The average molecular weight is 270 g/mol. The molecule has 2 aromatic carbocycles. The number of halogens is 2. The number of anilines is 1. The third-order valence-corrected chi connectivity index (χ3v) is 2.96. The molecule has 0 bridgehead atoms. The van der Waals surface area contributed by atoms with E-state index >= 15 is 0 Å². The molecule has 0 aliphatic heterocycles. The fourth-order valence-corrected chi connectivity index (χ4v) is 2.08. The lowest BCUT2D eigenvalue weighted by Gasteiger charge is -2.06. The van der Waals surface area contributed by atoms with E-state index in [0.717, 1.165) is 6.07 Å². The van der Waals surface area contributed by atoms with Gasteiger partial charge in [0.15, 0.2) is 5.82 Å². The van der Waals surface area contributed by atoms with Crippen molar-refractivity contribution in [2.75, 3.05) is 5.73 Å². The molecule has 0 radical (unpaired) electrons. The number of nitrogen functional groups attached to an aromatic ring is 1. The highest BCUT2D eigenvalue weighted by molar-refractivity contribution is 5.81. The van der Waals surface area contributed by atoms with Gasteiger partial charge in [-0.2, -0.15) is 5.26 Å². The van der Waals surface area contributed by atoms with E-state index in [0.29, 0.717) is 11.3 Å². The lowest BCUT2D eigenvalue weighted by molar-refractivity contribution is 0.590. The predicted molar refractivity (Wildman–Crippen MR) is 70.1 cm³/mol. The quantitative estimate of drug-likeness (QED) is 0.739. The maximum atomic E-state index is 13.7. The molecule has 3 aromatic rings. The highest BCUT2D eigenvalue weighted by Gasteiger charge is 2.15. The van der Waals surface area contributed by atoms with Gasteiger partial charge in [-0.05, 0) is 24.3 Å². The molecule has 1 heterocycles.